The Kier molecular flexibility index (Phi) is 12.3. The molecule has 0 heterocycles. The highest BCUT2D eigenvalue weighted by Gasteiger charge is 2.19. The second kappa shape index (κ2) is 11.6. The fraction of sp³-hybridized carbons (Fsp3) is 0.700. The topological polar surface area (TPSA) is 38.3 Å². The van der Waals surface area contributed by atoms with Crippen molar-refractivity contribution >= 4 is 11.0 Å². The molecule has 0 saturated heterocycles. The molecule has 0 aliphatic carbocycles. The van der Waals surface area contributed by atoms with Crippen LogP contribution in [0.25, 0.3) is 0 Å². The quantitative estimate of drug-likeness (QED) is 0.730. The minimum absolute atomic E-state index is 0.0694. The molecule has 0 bridgehead atoms. The highest BCUT2D eigenvalue weighted by molar-refractivity contribution is 7.83. The van der Waals surface area contributed by atoms with Gasteiger partial charge < -0.3 is 4.74 Å². The Labute approximate surface area is 153 Å². The van der Waals surface area contributed by atoms with Gasteiger partial charge in [0, 0.05) is 5.54 Å². The lowest BCUT2D eigenvalue weighted by atomic mass is 9.99. The third kappa shape index (κ3) is 11.6. The van der Waals surface area contributed by atoms with Crippen LogP contribution < -0.4 is 9.46 Å². The molecule has 1 aromatic rings. The first-order valence-electron chi connectivity index (χ1n) is 8.91. The van der Waals surface area contributed by atoms with Crippen molar-refractivity contribution in [2.75, 3.05) is 6.61 Å². The molecular weight excluding hydrogens is 318 g/mol. The van der Waals surface area contributed by atoms with E-state index in [0.717, 1.165) is 5.56 Å². The third-order valence-electron chi connectivity index (χ3n) is 2.36. The summed E-state index contributed by atoms with van der Waals surface area (Å²) in [4.78, 5) is 0.703. The van der Waals surface area contributed by atoms with E-state index >= 15 is 0 Å². The minimum Gasteiger partial charge on any atom is -0.492 e. The number of ether oxygens (including phenoxy) is 1. The Bertz CT molecular complexity index is 485. The van der Waals surface area contributed by atoms with Crippen LogP contribution in [0.15, 0.2) is 23.1 Å². The van der Waals surface area contributed by atoms with E-state index in [1.54, 1.807) is 0 Å². The average molecular weight is 358 g/mol. The molecule has 0 amide bonds. The van der Waals surface area contributed by atoms with Crippen molar-refractivity contribution < 1.29 is 8.95 Å². The Morgan fingerprint density at radius 3 is 1.92 bits per heavy atom. The molecule has 0 aliphatic rings. The SMILES string of the molecule is CC.CC.Cc1ccc(S(=O)NC(C)(C)C)c(OCC(C)(C)C)c1. The lowest BCUT2D eigenvalue weighted by molar-refractivity contribution is 0.194. The Morgan fingerprint density at radius 1 is 1.00 bits per heavy atom. The lowest BCUT2D eigenvalue weighted by Gasteiger charge is -2.23. The maximum Gasteiger partial charge on any atom is 0.137 e. The highest BCUT2D eigenvalue weighted by Crippen LogP contribution is 2.26. The van der Waals surface area contributed by atoms with E-state index in [1.807, 2.05) is 73.6 Å². The fourth-order valence-corrected chi connectivity index (χ4v) is 2.67. The van der Waals surface area contributed by atoms with Crippen molar-refractivity contribution in [1.29, 1.82) is 0 Å². The normalized spacial score (nSPS) is 12.3. The predicted octanol–water partition coefficient (Wildman–Crippen LogP) is 5.88. The van der Waals surface area contributed by atoms with Crippen LogP contribution in [0.5, 0.6) is 5.75 Å². The Balaban J connectivity index is 0. The number of benzene rings is 1. The molecule has 1 rings (SSSR count). The Hall–Kier alpha value is -0.870. The minimum atomic E-state index is -1.28. The van der Waals surface area contributed by atoms with Crippen molar-refractivity contribution in [3.05, 3.63) is 23.8 Å². The average Bonchev–Trinajstić information content (AvgIpc) is 2.47. The molecule has 142 valence electrons. The molecular formula is C20H39NO2S. The molecule has 1 aromatic carbocycles. The summed E-state index contributed by atoms with van der Waals surface area (Å²) in [5, 5.41) is 0. The van der Waals surface area contributed by atoms with Gasteiger partial charge in [-0.15, -0.1) is 0 Å². The van der Waals surface area contributed by atoms with Gasteiger partial charge in [-0.2, -0.15) is 0 Å². The van der Waals surface area contributed by atoms with Gasteiger partial charge in [0.05, 0.1) is 11.5 Å². The molecule has 1 atom stereocenters. The van der Waals surface area contributed by atoms with E-state index in [-0.39, 0.29) is 11.0 Å². The van der Waals surface area contributed by atoms with Gasteiger partial charge in [-0.25, -0.2) is 8.93 Å². The zero-order valence-electron chi connectivity index (χ0n) is 17.7. The van der Waals surface area contributed by atoms with Crippen LogP contribution in [0.1, 0.15) is 74.8 Å². The first kappa shape index (κ1) is 25.4. The van der Waals surface area contributed by atoms with Crippen LogP contribution >= 0.6 is 0 Å². The third-order valence-corrected chi connectivity index (χ3v) is 3.89. The molecule has 24 heavy (non-hydrogen) atoms. The van der Waals surface area contributed by atoms with Gasteiger partial charge >= 0.3 is 0 Å². The number of hydrogen-bond acceptors (Lipinski definition) is 2. The summed E-state index contributed by atoms with van der Waals surface area (Å²) in [5.74, 6) is 0.704. The zero-order valence-corrected chi connectivity index (χ0v) is 18.5. The first-order valence-corrected chi connectivity index (χ1v) is 10.1. The van der Waals surface area contributed by atoms with Gasteiger partial charge in [0.25, 0.3) is 0 Å². The number of aryl methyl sites for hydroxylation is 1. The molecule has 1 N–H and O–H groups in total. The fourth-order valence-electron chi connectivity index (χ4n) is 1.51. The molecule has 3 nitrogen and oxygen atoms in total. The molecule has 0 aliphatic heterocycles. The first-order chi connectivity index (χ1) is 11.0. The summed E-state index contributed by atoms with van der Waals surface area (Å²) in [6.45, 7) is 22.9. The summed E-state index contributed by atoms with van der Waals surface area (Å²) < 4.78 is 21.4. The number of hydrogen-bond donors (Lipinski definition) is 1. The molecule has 0 radical (unpaired) electrons. The van der Waals surface area contributed by atoms with Gasteiger partial charge in [0.15, 0.2) is 0 Å². The van der Waals surface area contributed by atoms with E-state index in [9.17, 15) is 4.21 Å². The molecule has 0 spiro atoms. The number of rotatable bonds is 4. The van der Waals surface area contributed by atoms with Gasteiger partial charge in [0.2, 0.25) is 0 Å². The van der Waals surface area contributed by atoms with Crippen LogP contribution in [0.4, 0.5) is 0 Å². The highest BCUT2D eigenvalue weighted by atomic mass is 32.2. The van der Waals surface area contributed by atoms with Gasteiger partial charge in [-0.3, -0.25) is 0 Å². The molecule has 0 saturated carbocycles. The molecule has 0 fully saturated rings. The van der Waals surface area contributed by atoms with Crippen molar-refractivity contribution in [1.82, 2.24) is 4.72 Å². The number of nitrogens with one attached hydrogen (secondary N) is 1. The molecule has 1 unspecified atom stereocenters. The second-order valence-electron chi connectivity index (χ2n) is 7.42. The predicted molar refractivity (Wildman–Crippen MR) is 108 cm³/mol. The van der Waals surface area contributed by atoms with E-state index in [0.29, 0.717) is 17.3 Å². The van der Waals surface area contributed by atoms with Gasteiger partial charge in [0.1, 0.15) is 16.7 Å². The molecule has 4 heteroatoms. The Morgan fingerprint density at radius 2 is 1.50 bits per heavy atom. The lowest BCUT2D eigenvalue weighted by Crippen LogP contribution is -2.37. The summed E-state index contributed by atoms with van der Waals surface area (Å²) >= 11 is 0. The maximum atomic E-state index is 12.4. The van der Waals surface area contributed by atoms with Crippen molar-refractivity contribution in [2.45, 2.75) is 86.6 Å². The summed E-state index contributed by atoms with van der Waals surface area (Å²) in [5.41, 5.74) is 0.960. The van der Waals surface area contributed by atoms with Gasteiger partial charge in [-0.05, 0) is 50.8 Å². The van der Waals surface area contributed by atoms with Gasteiger partial charge in [-0.1, -0.05) is 54.5 Å². The second-order valence-corrected chi connectivity index (χ2v) is 8.60. The largest absolute Gasteiger partial charge is 0.492 e. The van der Waals surface area contributed by atoms with Crippen LogP contribution in [-0.2, 0) is 11.0 Å². The van der Waals surface area contributed by atoms with Crippen LogP contribution in [0, 0.1) is 12.3 Å². The maximum absolute atomic E-state index is 12.4. The standard InChI is InChI=1S/C16H27NO2S.2C2H6/c1-12-8-9-14(20(18)17-16(5,6)7)13(10-12)19-11-15(2,3)4;2*1-2/h8-10,17H,11H2,1-7H3;2*1-2H3. The monoisotopic (exact) mass is 357 g/mol. The zero-order chi connectivity index (χ0) is 19.6. The van der Waals surface area contributed by atoms with E-state index in [1.165, 1.54) is 0 Å². The van der Waals surface area contributed by atoms with Crippen LogP contribution in [0.2, 0.25) is 0 Å². The van der Waals surface area contributed by atoms with Crippen molar-refractivity contribution in [2.24, 2.45) is 5.41 Å². The van der Waals surface area contributed by atoms with E-state index in [4.69, 9.17) is 4.74 Å². The van der Waals surface area contributed by atoms with E-state index in [2.05, 4.69) is 25.5 Å². The van der Waals surface area contributed by atoms with Crippen LogP contribution in [-0.4, -0.2) is 16.4 Å². The van der Waals surface area contributed by atoms with Crippen molar-refractivity contribution in [3.63, 3.8) is 0 Å². The summed E-state index contributed by atoms with van der Waals surface area (Å²) in [6.07, 6.45) is 0. The molecule has 0 aromatic heterocycles. The van der Waals surface area contributed by atoms with Crippen molar-refractivity contribution in [3.8, 4) is 5.75 Å². The smallest absolute Gasteiger partial charge is 0.137 e. The van der Waals surface area contributed by atoms with E-state index < -0.39 is 11.0 Å². The van der Waals surface area contributed by atoms with Crippen LogP contribution in [0.3, 0.4) is 0 Å². The summed E-state index contributed by atoms with van der Waals surface area (Å²) in [7, 11) is -1.28. The summed E-state index contributed by atoms with van der Waals surface area (Å²) in [6, 6.07) is 5.78.